The van der Waals surface area contributed by atoms with Gasteiger partial charge in [-0.05, 0) is 91.7 Å². The molecule has 0 radical (unpaired) electrons. The summed E-state index contributed by atoms with van der Waals surface area (Å²) in [6, 6.07) is 47.7. The Morgan fingerprint density at radius 3 is 1.94 bits per heavy atom. The van der Waals surface area contributed by atoms with Gasteiger partial charge >= 0.3 is 0 Å². The molecule has 0 unspecified atom stereocenters. The molecule has 0 aliphatic heterocycles. The lowest BCUT2D eigenvalue weighted by molar-refractivity contribution is 0.667. The summed E-state index contributed by atoms with van der Waals surface area (Å²) >= 11 is 0. The average Bonchev–Trinajstić information content (AvgIpc) is 3.84. The number of hydrogen-bond acceptors (Lipinski definition) is 3. The first-order chi connectivity index (χ1) is 25.2. The molecule has 10 rings (SSSR count). The first kappa shape index (κ1) is 29.2. The molecule has 0 aliphatic carbocycles. The van der Waals surface area contributed by atoms with E-state index < -0.39 is 0 Å². The molecule has 0 atom stereocenters. The molecule has 0 spiro atoms. The van der Waals surface area contributed by atoms with Crippen LogP contribution in [0.3, 0.4) is 0 Å². The summed E-state index contributed by atoms with van der Waals surface area (Å²) in [6.45, 7) is 4.22. The fraction of sp³-hybridized carbons (Fsp3) is 0.0435. The maximum Gasteiger partial charge on any atom is 0.180 e. The Kier molecular flexibility index (Phi) is 6.55. The molecule has 5 nitrogen and oxygen atoms in total. The maximum atomic E-state index is 6.24. The highest BCUT2D eigenvalue weighted by molar-refractivity contribution is 6.13. The van der Waals surface area contributed by atoms with Crippen molar-refractivity contribution in [1.29, 1.82) is 0 Å². The zero-order chi connectivity index (χ0) is 34.1. The van der Waals surface area contributed by atoms with E-state index in [1.165, 1.54) is 54.9 Å². The number of fused-ring (bicyclic) bond motifs is 9. The van der Waals surface area contributed by atoms with Gasteiger partial charge in [0.05, 0.1) is 22.1 Å². The van der Waals surface area contributed by atoms with Gasteiger partial charge in [-0.25, -0.2) is 9.97 Å². The zero-order valence-corrected chi connectivity index (χ0v) is 28.2. The lowest BCUT2D eigenvalue weighted by Crippen LogP contribution is -1.94. The number of benzene rings is 6. The van der Waals surface area contributed by atoms with Crippen LogP contribution in [0.15, 0.2) is 162 Å². The molecule has 0 bridgehead atoms. The van der Waals surface area contributed by atoms with Gasteiger partial charge < -0.3 is 13.6 Å². The Morgan fingerprint density at radius 1 is 0.588 bits per heavy atom. The van der Waals surface area contributed by atoms with Crippen molar-refractivity contribution in [3.63, 3.8) is 0 Å². The van der Waals surface area contributed by atoms with E-state index in [4.69, 9.17) is 4.42 Å². The lowest BCUT2D eigenvalue weighted by Gasteiger charge is -2.10. The van der Waals surface area contributed by atoms with Crippen molar-refractivity contribution >= 4 is 71.4 Å². The normalized spacial score (nSPS) is 12.5. The molecule has 10 aromatic rings. The molecule has 0 fully saturated rings. The predicted molar refractivity (Wildman–Crippen MR) is 212 cm³/mol. The van der Waals surface area contributed by atoms with Gasteiger partial charge in [-0.2, -0.15) is 0 Å². The van der Waals surface area contributed by atoms with Crippen LogP contribution in [0.25, 0.3) is 99.4 Å². The van der Waals surface area contributed by atoms with Crippen molar-refractivity contribution in [3.05, 3.63) is 158 Å². The molecule has 0 saturated heterocycles. The van der Waals surface area contributed by atoms with E-state index in [2.05, 4.69) is 153 Å². The van der Waals surface area contributed by atoms with Crippen LogP contribution in [-0.4, -0.2) is 19.1 Å². The van der Waals surface area contributed by atoms with Gasteiger partial charge in [0.25, 0.3) is 0 Å². The monoisotopic (exact) mass is 656 g/mol. The summed E-state index contributed by atoms with van der Waals surface area (Å²) < 4.78 is 11.0. The van der Waals surface area contributed by atoms with Crippen LogP contribution in [0, 0.1) is 0 Å². The topological polar surface area (TPSA) is 48.8 Å². The standard InChI is InChI=1S/C46H32N4O/c1-3-4-11-29(2)49-39-15-8-5-12-34(39)37-26-31(20-24-41(37)49)32-21-25-42-38(27-32)35-13-6-9-16-40(35)50(42)33-22-18-30(19-23-33)44-46-45(48-28-47-44)36-14-7-10-17-43(36)51-46/h3-28H,1-2H3/b4-3-,29-11+. The highest BCUT2D eigenvalue weighted by Crippen LogP contribution is 2.39. The number of allylic oxidation sites excluding steroid dienone is 4. The Morgan fingerprint density at radius 2 is 1.18 bits per heavy atom. The molecule has 6 aromatic carbocycles. The summed E-state index contributed by atoms with van der Waals surface area (Å²) in [5.41, 5.74) is 13.6. The number of nitrogens with zero attached hydrogens (tertiary/aromatic N) is 4. The summed E-state index contributed by atoms with van der Waals surface area (Å²) in [4.78, 5) is 9.18. The van der Waals surface area contributed by atoms with Crippen LogP contribution in [-0.2, 0) is 0 Å². The van der Waals surface area contributed by atoms with E-state index in [1.807, 2.05) is 31.2 Å². The fourth-order valence-electron chi connectivity index (χ4n) is 7.77. The highest BCUT2D eigenvalue weighted by atomic mass is 16.3. The zero-order valence-electron chi connectivity index (χ0n) is 28.2. The molecule has 5 heteroatoms. The third kappa shape index (κ3) is 4.48. The van der Waals surface area contributed by atoms with Crippen LogP contribution in [0.5, 0.6) is 0 Å². The van der Waals surface area contributed by atoms with Gasteiger partial charge in [-0.1, -0.05) is 84.9 Å². The molecule has 242 valence electrons. The van der Waals surface area contributed by atoms with Crippen molar-refractivity contribution in [2.45, 2.75) is 13.8 Å². The largest absolute Gasteiger partial charge is 0.452 e. The lowest BCUT2D eigenvalue weighted by atomic mass is 10.0. The summed E-state index contributed by atoms with van der Waals surface area (Å²) in [5.74, 6) is 0. The fourth-order valence-corrected chi connectivity index (χ4v) is 7.77. The molecule has 0 N–H and O–H groups in total. The molecule has 0 aliphatic rings. The Balaban J connectivity index is 1.09. The smallest absolute Gasteiger partial charge is 0.180 e. The first-order valence-electron chi connectivity index (χ1n) is 17.3. The van der Waals surface area contributed by atoms with Crippen molar-refractivity contribution < 1.29 is 4.42 Å². The van der Waals surface area contributed by atoms with Crippen molar-refractivity contribution in [1.82, 2.24) is 19.1 Å². The van der Waals surface area contributed by atoms with Crippen molar-refractivity contribution in [2.24, 2.45) is 0 Å². The van der Waals surface area contributed by atoms with E-state index in [-0.39, 0.29) is 0 Å². The van der Waals surface area contributed by atoms with Gasteiger partial charge in [0.2, 0.25) is 0 Å². The summed E-state index contributed by atoms with van der Waals surface area (Å²) in [5, 5.41) is 5.95. The SMILES string of the molecule is C/C=C\C=C(/C)n1c2ccccc2c2cc(-c3ccc4c(c3)c3ccccc3n4-c3ccc(-c4ncnc5c4oc4ccccc45)cc3)ccc21. The first-order valence-corrected chi connectivity index (χ1v) is 17.3. The number of hydrogen-bond donors (Lipinski definition) is 0. The van der Waals surface area contributed by atoms with Crippen LogP contribution in [0.2, 0.25) is 0 Å². The van der Waals surface area contributed by atoms with Crippen molar-refractivity contribution in [3.8, 4) is 28.1 Å². The van der Waals surface area contributed by atoms with E-state index in [0.29, 0.717) is 5.58 Å². The number of aromatic nitrogens is 4. The quantitative estimate of drug-likeness (QED) is 0.173. The van der Waals surface area contributed by atoms with E-state index in [0.717, 1.165) is 38.9 Å². The molecule has 4 heterocycles. The summed E-state index contributed by atoms with van der Waals surface area (Å²) in [6.07, 6.45) is 7.96. The second-order valence-electron chi connectivity index (χ2n) is 13.0. The molecule has 51 heavy (non-hydrogen) atoms. The Labute approximate surface area is 294 Å². The number of para-hydroxylation sites is 3. The van der Waals surface area contributed by atoms with Gasteiger partial charge in [0.1, 0.15) is 23.1 Å². The van der Waals surface area contributed by atoms with E-state index in [9.17, 15) is 0 Å². The van der Waals surface area contributed by atoms with Gasteiger partial charge in [0.15, 0.2) is 5.58 Å². The second-order valence-corrected chi connectivity index (χ2v) is 13.0. The molecular formula is C46H32N4O. The number of furan rings is 1. The molecular weight excluding hydrogens is 625 g/mol. The Bertz CT molecular complexity index is 3040. The molecule has 0 amide bonds. The minimum absolute atomic E-state index is 0.707. The van der Waals surface area contributed by atoms with Crippen LogP contribution < -0.4 is 0 Å². The van der Waals surface area contributed by atoms with E-state index in [1.54, 1.807) is 6.33 Å². The minimum Gasteiger partial charge on any atom is -0.452 e. The minimum atomic E-state index is 0.707. The second kappa shape index (κ2) is 11.4. The molecule has 4 aromatic heterocycles. The summed E-state index contributed by atoms with van der Waals surface area (Å²) in [7, 11) is 0. The van der Waals surface area contributed by atoms with Crippen LogP contribution in [0.1, 0.15) is 13.8 Å². The van der Waals surface area contributed by atoms with Gasteiger partial charge in [-0.15, -0.1) is 0 Å². The molecule has 0 saturated carbocycles. The highest BCUT2D eigenvalue weighted by Gasteiger charge is 2.18. The van der Waals surface area contributed by atoms with Crippen molar-refractivity contribution in [2.75, 3.05) is 0 Å². The van der Waals surface area contributed by atoms with Crippen LogP contribution in [0.4, 0.5) is 0 Å². The average molecular weight is 657 g/mol. The third-order valence-corrected chi connectivity index (χ3v) is 10.1. The Hall–Kier alpha value is -6.72. The van der Waals surface area contributed by atoms with Crippen LogP contribution >= 0.6 is 0 Å². The third-order valence-electron chi connectivity index (χ3n) is 10.1. The maximum absolute atomic E-state index is 6.24. The van der Waals surface area contributed by atoms with E-state index >= 15 is 0 Å². The van der Waals surface area contributed by atoms with Gasteiger partial charge in [-0.3, -0.25) is 0 Å². The van der Waals surface area contributed by atoms with Gasteiger partial charge in [0, 0.05) is 43.9 Å². The number of rotatable bonds is 5. The predicted octanol–water partition coefficient (Wildman–Crippen LogP) is 12.4.